The van der Waals surface area contributed by atoms with Gasteiger partial charge in [0.2, 0.25) is 0 Å². The Balaban J connectivity index is 1.93. The van der Waals surface area contributed by atoms with Crippen LogP contribution in [0.1, 0.15) is 24.3 Å². The number of hydrogen-bond donors (Lipinski definition) is 0. The van der Waals surface area contributed by atoms with E-state index in [-0.39, 0.29) is 0 Å². The molecule has 0 spiro atoms. The molecule has 0 fully saturated rings. The molecule has 0 bridgehead atoms. The third kappa shape index (κ3) is 4.62. The van der Waals surface area contributed by atoms with Gasteiger partial charge in [-0.1, -0.05) is 0 Å². The molecule has 0 aliphatic rings. The predicted octanol–water partition coefficient (Wildman–Crippen LogP) is 1.94. The maximum Gasteiger partial charge on any atom is 0.417 e. The first-order chi connectivity index (χ1) is 6.43. The van der Waals surface area contributed by atoms with E-state index in [2.05, 4.69) is 9.72 Å². The molecule has 71 valence electrons. The van der Waals surface area contributed by atoms with Gasteiger partial charge in [0.15, 0.2) is 0 Å². The normalized spacial score (nSPS) is 9.85. The molecule has 3 nitrogen and oxygen atoms in total. The smallest absolute Gasteiger partial charge is 0.417 e. The van der Waals surface area contributed by atoms with Crippen LogP contribution in [0.25, 0.3) is 0 Å². The summed E-state index contributed by atoms with van der Waals surface area (Å²) in [6.07, 6.45) is 5.95. The van der Waals surface area contributed by atoms with Crippen molar-refractivity contribution in [3.05, 3.63) is 16.6 Å². The van der Waals surface area contributed by atoms with E-state index < -0.39 is 0 Å². The molecule has 0 N–H and O–H groups in total. The van der Waals surface area contributed by atoms with Crippen LogP contribution in [0.5, 0.6) is 0 Å². The fourth-order valence-corrected chi connectivity index (χ4v) is 1.71. The van der Waals surface area contributed by atoms with Gasteiger partial charge in [-0.3, -0.25) is 0 Å². The minimum Gasteiger partial charge on any atom is -0.457 e. The second-order valence-electron chi connectivity index (χ2n) is 2.67. The number of thiazole rings is 1. The molecule has 0 saturated heterocycles. The molecule has 0 atom stereocenters. The van der Waals surface area contributed by atoms with E-state index in [9.17, 15) is 4.79 Å². The van der Waals surface area contributed by atoms with Crippen LogP contribution in [0.4, 0.5) is 0 Å². The number of ether oxygens (including phenoxy) is 1. The van der Waals surface area contributed by atoms with Gasteiger partial charge in [0, 0.05) is 11.6 Å². The molecule has 0 unspecified atom stereocenters. The second kappa shape index (κ2) is 6.60. The van der Waals surface area contributed by atoms with Gasteiger partial charge in [-0.05, 0) is 25.7 Å². The van der Waals surface area contributed by atoms with Crippen LogP contribution in [0, 0.1) is 0 Å². The van der Waals surface area contributed by atoms with Gasteiger partial charge in [0.05, 0.1) is 11.6 Å². The number of hydrogen-bond acceptors (Lipinski definition) is 4. The van der Waals surface area contributed by atoms with Crippen LogP contribution in [0.2, 0.25) is 0 Å². The SMILES string of the molecule is O=[C]OCCCCCc1nccs1. The van der Waals surface area contributed by atoms with E-state index in [1.54, 1.807) is 11.3 Å². The molecule has 4 heteroatoms. The van der Waals surface area contributed by atoms with Crippen molar-refractivity contribution in [2.45, 2.75) is 25.7 Å². The summed E-state index contributed by atoms with van der Waals surface area (Å²) in [7, 11) is 0. The maximum absolute atomic E-state index is 9.67. The molecule has 1 aromatic heterocycles. The standard InChI is InChI=1S/C9H12NO2S/c11-8-12-6-3-1-2-4-9-10-5-7-13-9/h5,7H,1-4,6H2. The molecule has 1 rings (SSSR count). The van der Waals surface area contributed by atoms with Crippen molar-refractivity contribution in [2.24, 2.45) is 0 Å². The monoisotopic (exact) mass is 198 g/mol. The summed E-state index contributed by atoms with van der Waals surface area (Å²) in [5.41, 5.74) is 0. The minimum absolute atomic E-state index is 0.487. The van der Waals surface area contributed by atoms with E-state index in [0.717, 1.165) is 25.7 Å². The third-order valence-electron chi connectivity index (χ3n) is 1.68. The van der Waals surface area contributed by atoms with Crippen molar-refractivity contribution >= 4 is 17.8 Å². The van der Waals surface area contributed by atoms with Crippen molar-refractivity contribution < 1.29 is 9.53 Å². The quantitative estimate of drug-likeness (QED) is 0.628. The highest BCUT2D eigenvalue weighted by Crippen LogP contribution is 2.09. The Morgan fingerprint density at radius 3 is 3.08 bits per heavy atom. The number of aryl methyl sites for hydroxylation is 1. The van der Waals surface area contributed by atoms with Gasteiger partial charge in [-0.25, -0.2) is 9.78 Å². The van der Waals surface area contributed by atoms with Crippen LogP contribution in [0.3, 0.4) is 0 Å². The van der Waals surface area contributed by atoms with Crippen LogP contribution < -0.4 is 0 Å². The summed E-state index contributed by atoms with van der Waals surface area (Å²) in [5, 5.41) is 3.17. The lowest BCUT2D eigenvalue weighted by atomic mass is 10.2. The number of rotatable bonds is 7. The molecule has 0 aromatic carbocycles. The molecule has 1 aromatic rings. The van der Waals surface area contributed by atoms with E-state index >= 15 is 0 Å². The second-order valence-corrected chi connectivity index (χ2v) is 3.65. The van der Waals surface area contributed by atoms with Crippen LogP contribution in [-0.2, 0) is 16.0 Å². The van der Waals surface area contributed by atoms with Crippen LogP contribution >= 0.6 is 11.3 Å². The van der Waals surface area contributed by atoms with Crippen LogP contribution in [0.15, 0.2) is 11.6 Å². The van der Waals surface area contributed by atoms with Gasteiger partial charge in [0.1, 0.15) is 0 Å². The summed E-state index contributed by atoms with van der Waals surface area (Å²) in [5.74, 6) is 0. The van der Waals surface area contributed by atoms with E-state index in [1.807, 2.05) is 11.6 Å². The van der Waals surface area contributed by atoms with Gasteiger partial charge >= 0.3 is 6.47 Å². The lowest BCUT2D eigenvalue weighted by Crippen LogP contribution is -1.92. The average Bonchev–Trinajstić information content (AvgIpc) is 2.63. The topological polar surface area (TPSA) is 39.2 Å². The first-order valence-corrected chi connectivity index (χ1v) is 5.19. The van der Waals surface area contributed by atoms with E-state index in [4.69, 9.17) is 0 Å². The molecule has 0 aliphatic carbocycles. The lowest BCUT2D eigenvalue weighted by molar-refractivity contribution is 0.269. The summed E-state index contributed by atoms with van der Waals surface area (Å²) >= 11 is 1.69. The molecule has 1 heterocycles. The Morgan fingerprint density at radius 1 is 1.46 bits per heavy atom. The van der Waals surface area contributed by atoms with Crippen molar-refractivity contribution in [3.8, 4) is 0 Å². The van der Waals surface area contributed by atoms with Crippen molar-refractivity contribution in [3.63, 3.8) is 0 Å². The largest absolute Gasteiger partial charge is 0.457 e. The Labute approximate surface area is 81.8 Å². The average molecular weight is 198 g/mol. The van der Waals surface area contributed by atoms with Gasteiger partial charge in [-0.2, -0.15) is 0 Å². The van der Waals surface area contributed by atoms with Crippen molar-refractivity contribution in [1.82, 2.24) is 4.98 Å². The highest BCUT2D eigenvalue weighted by atomic mass is 32.1. The number of aromatic nitrogens is 1. The molecular formula is C9H12NO2S. The van der Waals surface area contributed by atoms with Gasteiger partial charge in [0.25, 0.3) is 0 Å². The Kier molecular flexibility index (Phi) is 5.17. The highest BCUT2D eigenvalue weighted by molar-refractivity contribution is 7.09. The minimum atomic E-state index is 0.487. The maximum atomic E-state index is 9.67. The highest BCUT2D eigenvalue weighted by Gasteiger charge is 1.95. The third-order valence-corrected chi connectivity index (χ3v) is 2.52. The first-order valence-electron chi connectivity index (χ1n) is 4.31. The summed E-state index contributed by atoms with van der Waals surface area (Å²) in [4.78, 5) is 13.8. The number of carbonyl (C=O) groups excluding carboxylic acids is 1. The number of nitrogens with zero attached hydrogens (tertiary/aromatic N) is 1. The van der Waals surface area contributed by atoms with Gasteiger partial charge in [-0.15, -0.1) is 11.3 Å². The number of unbranched alkanes of at least 4 members (excludes halogenated alkanes) is 2. The zero-order chi connectivity index (χ0) is 9.36. The summed E-state index contributed by atoms with van der Waals surface area (Å²) in [6.45, 7) is 1.90. The Hall–Kier alpha value is -0.900. The Bertz CT molecular complexity index is 224. The molecule has 13 heavy (non-hydrogen) atoms. The molecular weight excluding hydrogens is 186 g/mol. The zero-order valence-electron chi connectivity index (χ0n) is 7.36. The molecule has 0 amide bonds. The zero-order valence-corrected chi connectivity index (χ0v) is 8.18. The van der Waals surface area contributed by atoms with Crippen molar-refractivity contribution in [1.29, 1.82) is 0 Å². The molecule has 0 aliphatic heterocycles. The Morgan fingerprint density at radius 2 is 2.38 bits per heavy atom. The fraction of sp³-hybridized carbons (Fsp3) is 0.556. The molecule has 1 radical (unpaired) electrons. The van der Waals surface area contributed by atoms with Crippen molar-refractivity contribution in [2.75, 3.05) is 6.61 Å². The predicted molar refractivity (Wildman–Crippen MR) is 51.3 cm³/mol. The summed E-state index contributed by atoms with van der Waals surface area (Å²) in [6, 6.07) is 0. The first kappa shape index (κ1) is 10.2. The fourth-order valence-electron chi connectivity index (χ4n) is 1.05. The van der Waals surface area contributed by atoms with Gasteiger partial charge < -0.3 is 4.74 Å². The van der Waals surface area contributed by atoms with Crippen LogP contribution in [-0.4, -0.2) is 18.1 Å². The lowest BCUT2D eigenvalue weighted by Gasteiger charge is -1.97. The van der Waals surface area contributed by atoms with E-state index in [0.29, 0.717) is 6.61 Å². The van der Waals surface area contributed by atoms with E-state index in [1.165, 1.54) is 11.5 Å². The molecule has 0 saturated carbocycles. The summed E-state index contributed by atoms with van der Waals surface area (Å²) < 4.78 is 4.45.